The Labute approximate surface area is 185 Å². The van der Waals surface area contributed by atoms with Gasteiger partial charge in [0.2, 0.25) is 0 Å². The standard InChI is InChI=1S/C24H25N3O3S/c1-2-30-19-12-16(8-9-18(19)28)22-25-23(29)21-17-10-11-27(13-15-6-4-3-5-7-15)14-20(17)31-24(21)26-22/h3-9,12,22,26,28H,2,10-11,13-14H2,1H3,(H,25,29)/t22-/m1/s1. The second-order valence-corrected chi connectivity index (χ2v) is 8.97. The van der Waals surface area contributed by atoms with Gasteiger partial charge in [-0.2, -0.15) is 0 Å². The lowest BCUT2D eigenvalue weighted by Crippen LogP contribution is -2.38. The zero-order valence-corrected chi connectivity index (χ0v) is 18.2. The summed E-state index contributed by atoms with van der Waals surface area (Å²) in [5.74, 6) is 0.473. The van der Waals surface area contributed by atoms with Crippen molar-refractivity contribution in [3.8, 4) is 11.5 Å². The van der Waals surface area contributed by atoms with Gasteiger partial charge in [-0.25, -0.2) is 0 Å². The molecule has 0 aliphatic carbocycles. The second-order valence-electron chi connectivity index (χ2n) is 7.87. The van der Waals surface area contributed by atoms with Gasteiger partial charge in [0.05, 0.1) is 12.2 Å². The van der Waals surface area contributed by atoms with Gasteiger partial charge in [-0.3, -0.25) is 9.69 Å². The van der Waals surface area contributed by atoms with Crippen LogP contribution in [-0.2, 0) is 19.5 Å². The number of nitrogens with one attached hydrogen (secondary N) is 2. The number of hydrogen-bond donors (Lipinski definition) is 3. The fourth-order valence-corrected chi connectivity index (χ4v) is 5.61. The van der Waals surface area contributed by atoms with Crippen LogP contribution in [0.2, 0.25) is 0 Å². The number of ether oxygens (including phenoxy) is 1. The Morgan fingerprint density at radius 3 is 2.84 bits per heavy atom. The predicted octanol–water partition coefficient (Wildman–Crippen LogP) is 4.26. The average Bonchev–Trinajstić information content (AvgIpc) is 3.14. The van der Waals surface area contributed by atoms with Gasteiger partial charge in [-0.15, -0.1) is 11.3 Å². The van der Waals surface area contributed by atoms with E-state index in [0.29, 0.717) is 12.4 Å². The number of rotatable bonds is 5. The molecule has 160 valence electrons. The van der Waals surface area contributed by atoms with Gasteiger partial charge in [-0.05, 0) is 42.2 Å². The van der Waals surface area contributed by atoms with Crippen molar-refractivity contribution >= 4 is 22.2 Å². The number of fused-ring (bicyclic) bond motifs is 3. The van der Waals surface area contributed by atoms with E-state index in [9.17, 15) is 9.90 Å². The topological polar surface area (TPSA) is 73.8 Å². The summed E-state index contributed by atoms with van der Waals surface area (Å²) in [5.41, 5.74) is 4.12. The summed E-state index contributed by atoms with van der Waals surface area (Å²) in [5, 5.41) is 17.5. The maximum Gasteiger partial charge on any atom is 0.256 e. The molecule has 3 aromatic rings. The summed E-state index contributed by atoms with van der Waals surface area (Å²) < 4.78 is 5.50. The first-order valence-electron chi connectivity index (χ1n) is 10.6. The molecule has 1 atom stereocenters. The Morgan fingerprint density at radius 1 is 1.19 bits per heavy atom. The quantitative estimate of drug-likeness (QED) is 0.558. The van der Waals surface area contributed by atoms with E-state index in [-0.39, 0.29) is 17.8 Å². The Bertz CT molecular complexity index is 1110. The Balaban J connectivity index is 1.37. The minimum Gasteiger partial charge on any atom is -0.504 e. The molecule has 0 bridgehead atoms. The van der Waals surface area contributed by atoms with E-state index in [2.05, 4.69) is 39.8 Å². The number of benzene rings is 2. The third-order valence-electron chi connectivity index (χ3n) is 5.78. The molecule has 0 spiro atoms. The van der Waals surface area contributed by atoms with E-state index in [1.165, 1.54) is 16.0 Å². The zero-order valence-electron chi connectivity index (χ0n) is 17.4. The maximum atomic E-state index is 13.0. The third kappa shape index (κ3) is 3.86. The summed E-state index contributed by atoms with van der Waals surface area (Å²) in [7, 11) is 0. The summed E-state index contributed by atoms with van der Waals surface area (Å²) in [4.78, 5) is 16.7. The summed E-state index contributed by atoms with van der Waals surface area (Å²) in [6.45, 7) is 5.05. The number of nitrogens with zero attached hydrogens (tertiary/aromatic N) is 1. The molecule has 7 heteroatoms. The molecule has 3 N–H and O–H groups in total. The lowest BCUT2D eigenvalue weighted by molar-refractivity contribution is 0.0934. The highest BCUT2D eigenvalue weighted by atomic mass is 32.1. The molecule has 1 aromatic heterocycles. The highest BCUT2D eigenvalue weighted by Gasteiger charge is 2.33. The maximum absolute atomic E-state index is 13.0. The first kappa shape index (κ1) is 19.9. The molecule has 6 nitrogen and oxygen atoms in total. The van der Waals surface area contributed by atoms with Crippen LogP contribution in [0.1, 0.15) is 45.0 Å². The SMILES string of the molecule is CCOc1cc([C@@H]2NC(=O)c3c(sc4c3CCN(Cc3ccccc3)C4)N2)ccc1O. The van der Waals surface area contributed by atoms with Crippen LogP contribution in [0.15, 0.2) is 48.5 Å². The number of aromatic hydroxyl groups is 1. The molecule has 2 aromatic carbocycles. The van der Waals surface area contributed by atoms with Crippen LogP contribution >= 0.6 is 11.3 Å². The number of carbonyl (C=O) groups is 1. The molecular weight excluding hydrogens is 410 g/mol. The lowest BCUT2D eigenvalue weighted by atomic mass is 10.00. The largest absolute Gasteiger partial charge is 0.504 e. The van der Waals surface area contributed by atoms with E-state index in [1.54, 1.807) is 29.5 Å². The van der Waals surface area contributed by atoms with E-state index >= 15 is 0 Å². The highest BCUT2D eigenvalue weighted by molar-refractivity contribution is 7.16. The van der Waals surface area contributed by atoms with Gasteiger partial charge in [-0.1, -0.05) is 36.4 Å². The number of phenolic OH excluding ortho intramolecular Hbond substituents is 1. The zero-order chi connectivity index (χ0) is 21.4. The van der Waals surface area contributed by atoms with Crippen molar-refractivity contribution in [1.82, 2.24) is 10.2 Å². The Hall–Kier alpha value is -3.03. The average molecular weight is 436 g/mol. The number of hydrogen-bond acceptors (Lipinski definition) is 6. The number of phenols is 1. The lowest BCUT2D eigenvalue weighted by Gasteiger charge is -2.28. The van der Waals surface area contributed by atoms with Gasteiger partial charge in [0.15, 0.2) is 11.5 Å². The fourth-order valence-electron chi connectivity index (χ4n) is 4.29. The minimum atomic E-state index is -0.361. The first-order chi connectivity index (χ1) is 15.1. The van der Waals surface area contributed by atoms with Crippen LogP contribution in [0.5, 0.6) is 11.5 Å². The van der Waals surface area contributed by atoms with E-state index in [0.717, 1.165) is 42.2 Å². The van der Waals surface area contributed by atoms with Crippen LogP contribution < -0.4 is 15.4 Å². The monoisotopic (exact) mass is 435 g/mol. The minimum absolute atomic E-state index is 0.0428. The van der Waals surface area contributed by atoms with Crippen LogP contribution in [0.25, 0.3) is 0 Å². The van der Waals surface area contributed by atoms with Crippen molar-refractivity contribution in [3.05, 3.63) is 75.7 Å². The van der Waals surface area contributed by atoms with Crippen LogP contribution in [-0.4, -0.2) is 29.1 Å². The van der Waals surface area contributed by atoms with Gasteiger partial charge >= 0.3 is 0 Å². The fraction of sp³-hybridized carbons (Fsp3) is 0.292. The molecule has 3 heterocycles. The highest BCUT2D eigenvalue weighted by Crippen LogP contribution is 2.41. The molecule has 5 rings (SSSR count). The van der Waals surface area contributed by atoms with Crippen LogP contribution in [0.3, 0.4) is 0 Å². The number of carbonyl (C=O) groups excluding carboxylic acids is 1. The van der Waals surface area contributed by atoms with Gasteiger partial charge in [0.25, 0.3) is 5.91 Å². The molecule has 0 radical (unpaired) electrons. The van der Waals surface area contributed by atoms with Crippen molar-refractivity contribution in [1.29, 1.82) is 0 Å². The molecule has 2 aliphatic heterocycles. The molecule has 2 aliphatic rings. The van der Waals surface area contributed by atoms with E-state index in [1.807, 2.05) is 13.0 Å². The normalized spacial score (nSPS) is 18.0. The van der Waals surface area contributed by atoms with E-state index in [4.69, 9.17) is 4.74 Å². The number of thiophene rings is 1. The van der Waals surface area contributed by atoms with Crippen LogP contribution in [0, 0.1) is 0 Å². The third-order valence-corrected chi connectivity index (χ3v) is 6.93. The van der Waals surface area contributed by atoms with Gasteiger partial charge in [0, 0.05) is 24.5 Å². The molecule has 31 heavy (non-hydrogen) atoms. The molecule has 0 unspecified atom stereocenters. The van der Waals surface area contributed by atoms with Crippen molar-refractivity contribution in [2.24, 2.45) is 0 Å². The Kier molecular flexibility index (Phi) is 5.29. The van der Waals surface area contributed by atoms with Crippen LogP contribution in [0.4, 0.5) is 5.00 Å². The van der Waals surface area contributed by atoms with Gasteiger partial charge in [0.1, 0.15) is 11.2 Å². The molecule has 0 saturated carbocycles. The van der Waals surface area contributed by atoms with Crippen molar-refractivity contribution in [2.75, 3.05) is 18.5 Å². The summed E-state index contributed by atoms with van der Waals surface area (Å²) in [6, 6.07) is 15.7. The number of anilines is 1. The second kappa shape index (κ2) is 8.24. The molecular formula is C24H25N3O3S. The first-order valence-corrected chi connectivity index (χ1v) is 11.4. The van der Waals surface area contributed by atoms with Crippen molar-refractivity contribution in [3.63, 3.8) is 0 Å². The summed E-state index contributed by atoms with van der Waals surface area (Å²) in [6.07, 6.45) is 0.516. The molecule has 0 fully saturated rings. The van der Waals surface area contributed by atoms with Gasteiger partial charge < -0.3 is 20.5 Å². The van der Waals surface area contributed by atoms with Crippen molar-refractivity contribution in [2.45, 2.75) is 32.6 Å². The van der Waals surface area contributed by atoms with E-state index < -0.39 is 0 Å². The predicted molar refractivity (Wildman–Crippen MR) is 122 cm³/mol. The molecule has 0 saturated heterocycles. The Morgan fingerprint density at radius 2 is 2.03 bits per heavy atom. The number of amides is 1. The smallest absolute Gasteiger partial charge is 0.256 e. The summed E-state index contributed by atoms with van der Waals surface area (Å²) >= 11 is 1.68. The molecule has 1 amide bonds. The van der Waals surface area contributed by atoms with Crippen molar-refractivity contribution < 1.29 is 14.6 Å².